The van der Waals surface area contributed by atoms with Gasteiger partial charge in [0.05, 0.1) is 12.7 Å². The highest BCUT2D eigenvalue weighted by molar-refractivity contribution is 6.36. The molecule has 1 aromatic carbocycles. The van der Waals surface area contributed by atoms with Crippen molar-refractivity contribution in [3.63, 3.8) is 0 Å². The normalized spacial score (nSPS) is 19.4. The van der Waals surface area contributed by atoms with Crippen molar-refractivity contribution in [2.45, 2.75) is 39.7 Å². The van der Waals surface area contributed by atoms with Crippen LogP contribution in [0.4, 0.5) is 0 Å². The van der Waals surface area contributed by atoms with Crippen LogP contribution in [0.25, 0.3) is 5.57 Å². The lowest BCUT2D eigenvalue weighted by atomic mass is 9.97. The van der Waals surface area contributed by atoms with Gasteiger partial charge in [0.1, 0.15) is 11.4 Å². The zero-order valence-corrected chi connectivity index (χ0v) is 15.4. The van der Waals surface area contributed by atoms with Crippen molar-refractivity contribution in [1.29, 1.82) is 0 Å². The number of amides is 2. The lowest BCUT2D eigenvalue weighted by Gasteiger charge is -2.33. The Bertz CT molecular complexity index is 715. The summed E-state index contributed by atoms with van der Waals surface area (Å²) in [5.74, 6) is 0.862. The molecule has 1 saturated heterocycles. The Kier molecular flexibility index (Phi) is 4.84. The van der Waals surface area contributed by atoms with E-state index >= 15 is 0 Å². The van der Waals surface area contributed by atoms with Crippen LogP contribution in [0.5, 0.6) is 5.75 Å². The molecule has 3 rings (SSSR count). The fourth-order valence-corrected chi connectivity index (χ4v) is 3.62. The summed E-state index contributed by atoms with van der Waals surface area (Å²) in [5.41, 5.74) is 1.71. The first kappa shape index (κ1) is 17.5. The monoisotopic (exact) mass is 342 g/mol. The number of methoxy groups -OCH3 is 1. The van der Waals surface area contributed by atoms with Gasteiger partial charge >= 0.3 is 0 Å². The second kappa shape index (κ2) is 6.90. The van der Waals surface area contributed by atoms with Crippen molar-refractivity contribution in [3.8, 4) is 5.75 Å². The van der Waals surface area contributed by atoms with E-state index in [9.17, 15) is 9.59 Å². The molecule has 0 N–H and O–H groups in total. The minimum absolute atomic E-state index is 0.175. The first-order valence-electron chi connectivity index (χ1n) is 8.96. The quantitative estimate of drug-likeness (QED) is 0.790. The SMILES string of the molecule is COc1ccccc1C1=C(N2CCC(C)CC2)C(=O)N(C(C)C)C1=O. The van der Waals surface area contributed by atoms with Crippen molar-refractivity contribution in [2.75, 3.05) is 20.2 Å². The molecule has 0 saturated carbocycles. The molecule has 2 heterocycles. The van der Waals surface area contributed by atoms with Crippen LogP contribution >= 0.6 is 0 Å². The van der Waals surface area contributed by atoms with Crippen LogP contribution in [0.3, 0.4) is 0 Å². The van der Waals surface area contributed by atoms with E-state index in [0.29, 0.717) is 28.5 Å². The van der Waals surface area contributed by atoms with E-state index in [1.54, 1.807) is 7.11 Å². The zero-order valence-electron chi connectivity index (χ0n) is 15.4. The number of hydrogen-bond acceptors (Lipinski definition) is 4. The lowest BCUT2D eigenvalue weighted by Crippen LogP contribution is -2.41. The standard InChI is InChI=1S/C20H26N2O3/c1-13(2)22-19(23)17(15-7-5-6-8-16(15)25-4)18(20(22)24)21-11-9-14(3)10-12-21/h5-8,13-14H,9-12H2,1-4H3. The highest BCUT2D eigenvalue weighted by atomic mass is 16.5. The van der Waals surface area contributed by atoms with Crippen LogP contribution < -0.4 is 4.74 Å². The number of hydrogen-bond donors (Lipinski definition) is 0. The van der Waals surface area contributed by atoms with E-state index in [-0.39, 0.29) is 17.9 Å². The lowest BCUT2D eigenvalue weighted by molar-refractivity contribution is -0.139. The van der Waals surface area contributed by atoms with E-state index in [4.69, 9.17) is 4.74 Å². The molecule has 0 spiro atoms. The third-order valence-corrected chi connectivity index (χ3v) is 5.08. The number of para-hydroxylation sites is 1. The van der Waals surface area contributed by atoms with Gasteiger partial charge in [-0.05, 0) is 38.7 Å². The van der Waals surface area contributed by atoms with E-state index in [0.717, 1.165) is 25.9 Å². The van der Waals surface area contributed by atoms with Crippen molar-refractivity contribution in [2.24, 2.45) is 5.92 Å². The summed E-state index contributed by atoms with van der Waals surface area (Å²) < 4.78 is 5.46. The summed E-state index contributed by atoms with van der Waals surface area (Å²) in [6.45, 7) is 7.59. The van der Waals surface area contributed by atoms with Gasteiger partial charge in [-0.1, -0.05) is 25.1 Å². The fourth-order valence-electron chi connectivity index (χ4n) is 3.62. The average Bonchev–Trinajstić information content (AvgIpc) is 2.86. The number of carbonyl (C=O) groups excluding carboxylic acids is 2. The van der Waals surface area contributed by atoms with Gasteiger partial charge in [-0.25, -0.2) is 0 Å². The maximum Gasteiger partial charge on any atom is 0.278 e. The number of rotatable bonds is 4. The zero-order chi connectivity index (χ0) is 18.1. The molecule has 2 amide bonds. The van der Waals surface area contributed by atoms with Crippen LogP contribution in [0.2, 0.25) is 0 Å². The molecule has 5 nitrogen and oxygen atoms in total. The summed E-state index contributed by atoms with van der Waals surface area (Å²) >= 11 is 0. The van der Waals surface area contributed by atoms with Gasteiger partial charge in [0.2, 0.25) is 0 Å². The summed E-state index contributed by atoms with van der Waals surface area (Å²) in [7, 11) is 1.59. The molecule has 0 aliphatic carbocycles. The Hall–Kier alpha value is -2.30. The molecule has 5 heteroatoms. The second-order valence-corrected chi connectivity index (χ2v) is 7.17. The predicted octanol–water partition coefficient (Wildman–Crippen LogP) is 2.92. The number of likely N-dealkylation sites (tertiary alicyclic amines) is 1. The van der Waals surface area contributed by atoms with Gasteiger partial charge in [-0.2, -0.15) is 0 Å². The molecule has 0 radical (unpaired) electrons. The van der Waals surface area contributed by atoms with Crippen LogP contribution in [-0.4, -0.2) is 47.9 Å². The Morgan fingerprint density at radius 1 is 1.08 bits per heavy atom. The summed E-state index contributed by atoms with van der Waals surface area (Å²) in [6, 6.07) is 7.25. The Morgan fingerprint density at radius 2 is 1.72 bits per heavy atom. The summed E-state index contributed by atoms with van der Waals surface area (Å²) in [5, 5.41) is 0. The molecule has 0 unspecified atom stereocenters. The highest BCUT2D eigenvalue weighted by Crippen LogP contribution is 2.38. The molecule has 1 aromatic rings. The molecule has 25 heavy (non-hydrogen) atoms. The number of ether oxygens (including phenoxy) is 1. The van der Waals surface area contributed by atoms with Crippen LogP contribution in [-0.2, 0) is 9.59 Å². The molecule has 2 aliphatic rings. The molecule has 2 aliphatic heterocycles. The molecular weight excluding hydrogens is 316 g/mol. The van der Waals surface area contributed by atoms with Crippen LogP contribution in [0.1, 0.15) is 39.2 Å². The first-order valence-corrected chi connectivity index (χ1v) is 8.96. The van der Waals surface area contributed by atoms with E-state index < -0.39 is 0 Å². The molecular formula is C20H26N2O3. The molecule has 1 fully saturated rings. The van der Waals surface area contributed by atoms with Gasteiger partial charge in [0, 0.05) is 24.7 Å². The van der Waals surface area contributed by atoms with Gasteiger partial charge in [-0.15, -0.1) is 0 Å². The summed E-state index contributed by atoms with van der Waals surface area (Å²) in [4.78, 5) is 29.7. The predicted molar refractivity (Wildman–Crippen MR) is 96.9 cm³/mol. The Balaban J connectivity index is 2.13. The summed E-state index contributed by atoms with van der Waals surface area (Å²) in [6.07, 6.45) is 2.07. The Morgan fingerprint density at radius 3 is 2.32 bits per heavy atom. The Labute approximate surface area is 149 Å². The maximum atomic E-state index is 13.1. The fraction of sp³-hybridized carbons (Fsp3) is 0.500. The van der Waals surface area contributed by atoms with Crippen LogP contribution in [0, 0.1) is 5.92 Å². The van der Waals surface area contributed by atoms with Crippen molar-refractivity contribution in [3.05, 3.63) is 35.5 Å². The highest BCUT2D eigenvalue weighted by Gasteiger charge is 2.43. The van der Waals surface area contributed by atoms with E-state index in [1.165, 1.54) is 4.90 Å². The van der Waals surface area contributed by atoms with Crippen LogP contribution in [0.15, 0.2) is 30.0 Å². The van der Waals surface area contributed by atoms with Gasteiger partial charge in [-0.3, -0.25) is 14.5 Å². The minimum atomic E-state index is -0.224. The number of carbonyl (C=O) groups is 2. The van der Waals surface area contributed by atoms with Crippen molar-refractivity contribution >= 4 is 17.4 Å². The number of benzene rings is 1. The van der Waals surface area contributed by atoms with Crippen molar-refractivity contribution in [1.82, 2.24) is 9.80 Å². The first-order chi connectivity index (χ1) is 12.0. The van der Waals surface area contributed by atoms with Gasteiger partial charge in [0.15, 0.2) is 0 Å². The topological polar surface area (TPSA) is 49.9 Å². The maximum absolute atomic E-state index is 13.1. The smallest absolute Gasteiger partial charge is 0.278 e. The molecule has 134 valence electrons. The molecule has 0 atom stereocenters. The van der Waals surface area contributed by atoms with Crippen molar-refractivity contribution < 1.29 is 14.3 Å². The third-order valence-electron chi connectivity index (χ3n) is 5.08. The van der Waals surface area contributed by atoms with E-state index in [1.807, 2.05) is 38.1 Å². The molecule has 0 bridgehead atoms. The average molecular weight is 342 g/mol. The number of piperidine rings is 1. The molecule has 0 aromatic heterocycles. The minimum Gasteiger partial charge on any atom is -0.496 e. The van der Waals surface area contributed by atoms with E-state index in [2.05, 4.69) is 11.8 Å². The third kappa shape index (κ3) is 3.03. The number of imide groups is 1. The second-order valence-electron chi connectivity index (χ2n) is 7.17. The van der Waals surface area contributed by atoms with Gasteiger partial charge in [0.25, 0.3) is 11.8 Å². The van der Waals surface area contributed by atoms with Gasteiger partial charge < -0.3 is 9.64 Å². The largest absolute Gasteiger partial charge is 0.496 e. The number of nitrogens with zero attached hydrogens (tertiary/aromatic N) is 2.